The number of benzene rings is 2. The zero-order chi connectivity index (χ0) is 20.3. The van der Waals surface area contributed by atoms with E-state index in [1.54, 1.807) is 18.2 Å². The number of nitro benzene ring substituents is 1. The van der Waals surface area contributed by atoms with E-state index in [0.29, 0.717) is 5.52 Å². The number of carbonyl (C=O) groups excluding carboxylic acids is 1. The van der Waals surface area contributed by atoms with E-state index in [2.05, 4.69) is 10.3 Å². The number of hydrogen-bond acceptors (Lipinski definition) is 7. The van der Waals surface area contributed by atoms with Gasteiger partial charge in [-0.25, -0.2) is 4.98 Å². The monoisotopic (exact) mass is 383 g/mol. The number of amides is 1. The molecule has 1 N–H and O–H groups in total. The molecule has 0 atom stereocenters. The molecular weight excluding hydrogens is 366 g/mol. The fourth-order valence-corrected chi connectivity index (χ4v) is 2.81. The first-order valence-electron chi connectivity index (χ1n) is 8.14. The molecule has 1 heterocycles. The van der Waals surface area contributed by atoms with Gasteiger partial charge in [-0.3, -0.25) is 14.9 Å². The predicted octanol–water partition coefficient (Wildman–Crippen LogP) is 3.42. The Bertz CT molecular complexity index is 1070. The molecule has 0 unspecified atom stereocenters. The van der Waals surface area contributed by atoms with E-state index in [1.165, 1.54) is 27.4 Å². The maximum absolute atomic E-state index is 12.8. The molecule has 0 aliphatic rings. The van der Waals surface area contributed by atoms with Gasteiger partial charge in [0.15, 0.2) is 5.75 Å². The smallest absolute Gasteiger partial charge is 0.327 e. The molecule has 0 radical (unpaired) electrons. The van der Waals surface area contributed by atoms with Crippen LogP contribution in [0.4, 0.5) is 11.5 Å². The minimum Gasteiger partial charge on any atom is -0.493 e. The second kappa shape index (κ2) is 7.78. The van der Waals surface area contributed by atoms with Gasteiger partial charge in [0.05, 0.1) is 31.8 Å². The van der Waals surface area contributed by atoms with Gasteiger partial charge in [0, 0.05) is 11.5 Å². The second-order valence-electron chi connectivity index (χ2n) is 5.64. The molecule has 0 aliphatic carbocycles. The number of anilines is 1. The van der Waals surface area contributed by atoms with Crippen LogP contribution in [0.1, 0.15) is 10.4 Å². The van der Waals surface area contributed by atoms with Crippen LogP contribution in [0.2, 0.25) is 0 Å². The first kappa shape index (κ1) is 18.9. The minimum atomic E-state index is -0.728. The molecule has 0 aliphatic heterocycles. The third-order valence-corrected chi connectivity index (χ3v) is 4.07. The molecule has 3 aromatic rings. The van der Waals surface area contributed by atoms with Gasteiger partial charge in [-0.15, -0.1) is 0 Å². The molecule has 28 heavy (non-hydrogen) atoms. The third kappa shape index (κ3) is 3.37. The number of rotatable bonds is 6. The summed E-state index contributed by atoms with van der Waals surface area (Å²) in [6, 6.07) is 12.0. The van der Waals surface area contributed by atoms with Crippen LogP contribution in [-0.2, 0) is 0 Å². The Morgan fingerprint density at radius 3 is 2.39 bits per heavy atom. The molecule has 0 saturated carbocycles. The number of fused-ring (bicyclic) bond motifs is 1. The number of ether oxygens (including phenoxy) is 3. The molecule has 2 aromatic carbocycles. The number of pyridine rings is 1. The Kier molecular flexibility index (Phi) is 5.25. The number of para-hydroxylation sites is 1. The number of nitrogens with zero attached hydrogens (tertiary/aromatic N) is 2. The highest BCUT2D eigenvalue weighted by atomic mass is 16.6. The minimum absolute atomic E-state index is 0.0251. The van der Waals surface area contributed by atoms with Crippen molar-refractivity contribution in [3.8, 4) is 17.2 Å². The van der Waals surface area contributed by atoms with E-state index in [1.807, 2.05) is 18.2 Å². The SMILES string of the molecule is COc1cc(C(=O)Nc2ccc3ccccc3n2)c([N+](=O)[O-])c(OC)c1OC. The van der Waals surface area contributed by atoms with Gasteiger partial charge in [0.2, 0.25) is 11.5 Å². The third-order valence-electron chi connectivity index (χ3n) is 4.07. The van der Waals surface area contributed by atoms with Crippen LogP contribution in [0.5, 0.6) is 17.2 Å². The lowest BCUT2D eigenvalue weighted by atomic mass is 10.1. The molecule has 9 nitrogen and oxygen atoms in total. The van der Waals surface area contributed by atoms with Crippen LogP contribution >= 0.6 is 0 Å². The predicted molar refractivity (Wildman–Crippen MR) is 102 cm³/mol. The van der Waals surface area contributed by atoms with Crippen molar-refractivity contribution >= 4 is 28.3 Å². The summed E-state index contributed by atoms with van der Waals surface area (Å²) in [6.07, 6.45) is 0. The summed E-state index contributed by atoms with van der Waals surface area (Å²) >= 11 is 0. The van der Waals surface area contributed by atoms with Crippen LogP contribution in [-0.4, -0.2) is 37.1 Å². The fraction of sp³-hybridized carbons (Fsp3) is 0.158. The van der Waals surface area contributed by atoms with Gasteiger partial charge in [0.25, 0.3) is 5.91 Å². The van der Waals surface area contributed by atoms with Crippen LogP contribution in [0.3, 0.4) is 0 Å². The summed E-state index contributed by atoms with van der Waals surface area (Å²) in [5.41, 5.74) is -0.0902. The van der Waals surface area contributed by atoms with Crippen molar-refractivity contribution < 1.29 is 23.9 Å². The molecule has 3 rings (SSSR count). The van der Waals surface area contributed by atoms with Crippen LogP contribution < -0.4 is 19.5 Å². The molecule has 0 bridgehead atoms. The summed E-state index contributed by atoms with van der Waals surface area (Å²) in [6.45, 7) is 0. The summed E-state index contributed by atoms with van der Waals surface area (Å²) in [4.78, 5) is 28.1. The average molecular weight is 383 g/mol. The molecule has 1 aromatic heterocycles. The van der Waals surface area contributed by atoms with Crippen molar-refractivity contribution in [2.75, 3.05) is 26.6 Å². The van der Waals surface area contributed by atoms with E-state index in [0.717, 1.165) is 5.39 Å². The van der Waals surface area contributed by atoms with Gasteiger partial charge >= 0.3 is 5.69 Å². The van der Waals surface area contributed by atoms with Crippen molar-refractivity contribution in [1.82, 2.24) is 4.98 Å². The Morgan fingerprint density at radius 2 is 1.75 bits per heavy atom. The topological polar surface area (TPSA) is 113 Å². The van der Waals surface area contributed by atoms with E-state index in [4.69, 9.17) is 14.2 Å². The Labute approximate surface area is 160 Å². The zero-order valence-electron chi connectivity index (χ0n) is 15.4. The van der Waals surface area contributed by atoms with Crippen LogP contribution in [0.25, 0.3) is 10.9 Å². The van der Waals surface area contributed by atoms with Gasteiger partial charge < -0.3 is 19.5 Å². The van der Waals surface area contributed by atoms with E-state index in [-0.39, 0.29) is 28.6 Å². The van der Waals surface area contributed by atoms with Crippen molar-refractivity contribution in [3.63, 3.8) is 0 Å². The Hall–Kier alpha value is -3.88. The molecule has 9 heteroatoms. The molecule has 0 spiro atoms. The van der Waals surface area contributed by atoms with Crippen LogP contribution in [0.15, 0.2) is 42.5 Å². The number of hydrogen-bond donors (Lipinski definition) is 1. The lowest BCUT2D eigenvalue weighted by molar-refractivity contribution is -0.386. The van der Waals surface area contributed by atoms with Crippen molar-refractivity contribution in [2.24, 2.45) is 0 Å². The van der Waals surface area contributed by atoms with Gasteiger partial charge in [0.1, 0.15) is 11.4 Å². The van der Waals surface area contributed by atoms with E-state index >= 15 is 0 Å². The summed E-state index contributed by atoms with van der Waals surface area (Å²) in [5, 5.41) is 15.1. The zero-order valence-corrected chi connectivity index (χ0v) is 15.4. The fourth-order valence-electron chi connectivity index (χ4n) is 2.81. The number of nitro groups is 1. The largest absolute Gasteiger partial charge is 0.493 e. The summed E-state index contributed by atoms with van der Waals surface area (Å²) < 4.78 is 15.5. The molecule has 0 saturated heterocycles. The highest BCUT2D eigenvalue weighted by Gasteiger charge is 2.32. The average Bonchev–Trinajstić information content (AvgIpc) is 2.71. The molecule has 1 amide bonds. The number of carbonyl (C=O) groups is 1. The highest BCUT2D eigenvalue weighted by Crippen LogP contribution is 2.46. The normalized spacial score (nSPS) is 10.4. The number of aromatic nitrogens is 1. The summed E-state index contributed by atoms with van der Waals surface area (Å²) in [5.74, 6) is -0.525. The van der Waals surface area contributed by atoms with Crippen molar-refractivity contribution in [2.45, 2.75) is 0 Å². The molecule has 144 valence electrons. The Balaban J connectivity index is 2.07. The van der Waals surface area contributed by atoms with Crippen LogP contribution in [0, 0.1) is 10.1 Å². The number of methoxy groups -OCH3 is 3. The summed E-state index contributed by atoms with van der Waals surface area (Å²) in [7, 11) is 3.93. The second-order valence-corrected chi connectivity index (χ2v) is 5.64. The van der Waals surface area contributed by atoms with Crippen molar-refractivity contribution in [1.29, 1.82) is 0 Å². The van der Waals surface area contributed by atoms with Gasteiger partial charge in [-0.1, -0.05) is 18.2 Å². The highest BCUT2D eigenvalue weighted by molar-refractivity contribution is 6.08. The molecule has 0 fully saturated rings. The maximum atomic E-state index is 12.8. The van der Waals surface area contributed by atoms with E-state index < -0.39 is 16.5 Å². The quantitative estimate of drug-likeness (QED) is 0.512. The van der Waals surface area contributed by atoms with E-state index in [9.17, 15) is 14.9 Å². The number of nitrogens with one attached hydrogen (secondary N) is 1. The van der Waals surface area contributed by atoms with Crippen molar-refractivity contribution in [3.05, 3.63) is 58.1 Å². The lowest BCUT2D eigenvalue weighted by Gasteiger charge is -2.14. The van der Waals surface area contributed by atoms with Gasteiger partial charge in [-0.2, -0.15) is 0 Å². The van der Waals surface area contributed by atoms with Gasteiger partial charge in [-0.05, 0) is 18.2 Å². The first-order valence-corrected chi connectivity index (χ1v) is 8.14. The standard InChI is InChI=1S/C19H17N3O6/c1-26-14-10-12(16(22(24)25)18(28-3)17(14)27-2)19(23)21-15-9-8-11-6-4-5-7-13(11)20-15/h4-10H,1-3H3,(H,20,21,23). The first-order chi connectivity index (χ1) is 13.5. The lowest BCUT2D eigenvalue weighted by Crippen LogP contribution is -2.16. The molecular formula is C19H17N3O6. The Morgan fingerprint density at radius 1 is 1.04 bits per heavy atom. The maximum Gasteiger partial charge on any atom is 0.327 e.